The molecule has 1 aliphatic heterocycles. The molecule has 0 bridgehead atoms. The second kappa shape index (κ2) is 5.24. The Bertz CT molecular complexity index is 289. The van der Waals surface area contributed by atoms with Gasteiger partial charge in [0, 0.05) is 25.4 Å². The largest absolute Gasteiger partial charge is 0.396 e. The van der Waals surface area contributed by atoms with E-state index in [9.17, 15) is 0 Å². The first kappa shape index (κ1) is 10.6. The molecular formula is C12H18N2O. The Hall–Kier alpha value is -0.930. The molecule has 2 heterocycles. The van der Waals surface area contributed by atoms with Gasteiger partial charge < -0.3 is 5.11 Å². The zero-order valence-corrected chi connectivity index (χ0v) is 8.97. The summed E-state index contributed by atoms with van der Waals surface area (Å²) in [4.78, 5) is 6.76. The number of aromatic nitrogens is 1. The minimum absolute atomic E-state index is 0.295. The van der Waals surface area contributed by atoms with E-state index in [2.05, 4.69) is 16.0 Å². The number of rotatable bonds is 4. The molecule has 1 fully saturated rings. The highest BCUT2D eigenvalue weighted by Crippen LogP contribution is 2.21. The summed E-state index contributed by atoms with van der Waals surface area (Å²) in [7, 11) is 0. The molecule has 0 aromatic carbocycles. The van der Waals surface area contributed by atoms with E-state index in [0.717, 1.165) is 25.2 Å². The summed E-state index contributed by atoms with van der Waals surface area (Å²) < 4.78 is 0. The van der Waals surface area contributed by atoms with Gasteiger partial charge in [-0.15, -0.1) is 0 Å². The Morgan fingerprint density at radius 2 is 2.40 bits per heavy atom. The Kier molecular flexibility index (Phi) is 3.69. The molecule has 2 rings (SSSR count). The number of aliphatic hydroxyl groups is 1. The number of aliphatic hydroxyl groups excluding tert-OH is 1. The van der Waals surface area contributed by atoms with E-state index >= 15 is 0 Å². The Labute approximate surface area is 90.8 Å². The molecule has 1 aromatic heterocycles. The van der Waals surface area contributed by atoms with Crippen molar-refractivity contribution in [3.05, 3.63) is 30.1 Å². The van der Waals surface area contributed by atoms with Gasteiger partial charge in [-0.2, -0.15) is 0 Å². The molecule has 1 atom stereocenters. The third-order valence-electron chi connectivity index (χ3n) is 3.05. The van der Waals surface area contributed by atoms with Gasteiger partial charge >= 0.3 is 0 Å². The molecule has 1 aliphatic rings. The van der Waals surface area contributed by atoms with Crippen molar-refractivity contribution >= 4 is 0 Å². The number of nitrogens with zero attached hydrogens (tertiary/aromatic N) is 2. The van der Waals surface area contributed by atoms with Crippen LogP contribution in [0.1, 0.15) is 25.0 Å². The quantitative estimate of drug-likeness (QED) is 0.809. The van der Waals surface area contributed by atoms with E-state index in [1.807, 2.05) is 18.3 Å². The van der Waals surface area contributed by atoms with Crippen LogP contribution in [0.15, 0.2) is 24.4 Å². The minimum Gasteiger partial charge on any atom is -0.396 e. The highest BCUT2D eigenvalue weighted by molar-refractivity contribution is 5.04. The smallest absolute Gasteiger partial charge is 0.0544 e. The van der Waals surface area contributed by atoms with Crippen LogP contribution in [0.5, 0.6) is 0 Å². The topological polar surface area (TPSA) is 36.4 Å². The average Bonchev–Trinajstić information content (AvgIpc) is 2.68. The predicted octanol–water partition coefficient (Wildman–Crippen LogP) is 1.43. The molecule has 0 amide bonds. The normalized spacial score (nSPS) is 22.1. The van der Waals surface area contributed by atoms with Crippen molar-refractivity contribution in [3.63, 3.8) is 0 Å². The van der Waals surface area contributed by atoms with Gasteiger partial charge in [-0.05, 0) is 37.9 Å². The second-order valence-electron chi connectivity index (χ2n) is 4.10. The van der Waals surface area contributed by atoms with Gasteiger partial charge in [0.05, 0.1) is 5.69 Å². The van der Waals surface area contributed by atoms with Crippen LogP contribution in [0.4, 0.5) is 0 Å². The van der Waals surface area contributed by atoms with Gasteiger partial charge in [0.25, 0.3) is 0 Å². The second-order valence-corrected chi connectivity index (χ2v) is 4.10. The van der Waals surface area contributed by atoms with Crippen molar-refractivity contribution in [3.8, 4) is 0 Å². The average molecular weight is 206 g/mol. The number of likely N-dealkylation sites (tertiary alicyclic amines) is 1. The van der Waals surface area contributed by atoms with Crippen LogP contribution in [0.2, 0.25) is 0 Å². The first-order valence-corrected chi connectivity index (χ1v) is 5.65. The van der Waals surface area contributed by atoms with Gasteiger partial charge in [0.1, 0.15) is 0 Å². The number of hydrogen-bond acceptors (Lipinski definition) is 3. The molecule has 0 radical (unpaired) electrons. The van der Waals surface area contributed by atoms with Crippen molar-refractivity contribution in [2.75, 3.05) is 13.2 Å². The molecule has 1 saturated heterocycles. The van der Waals surface area contributed by atoms with E-state index in [0.29, 0.717) is 12.6 Å². The molecular weight excluding hydrogens is 188 g/mol. The van der Waals surface area contributed by atoms with Crippen molar-refractivity contribution in [2.24, 2.45) is 0 Å². The fourth-order valence-electron chi connectivity index (χ4n) is 2.28. The Morgan fingerprint density at radius 1 is 1.47 bits per heavy atom. The van der Waals surface area contributed by atoms with Crippen LogP contribution in [-0.4, -0.2) is 34.2 Å². The van der Waals surface area contributed by atoms with E-state index in [1.165, 1.54) is 12.8 Å². The molecule has 3 nitrogen and oxygen atoms in total. The maximum atomic E-state index is 8.97. The van der Waals surface area contributed by atoms with Crippen LogP contribution in [0.25, 0.3) is 0 Å². The fourth-order valence-corrected chi connectivity index (χ4v) is 2.28. The summed E-state index contributed by atoms with van der Waals surface area (Å²) in [6.45, 7) is 2.36. The maximum Gasteiger partial charge on any atom is 0.0544 e. The third-order valence-corrected chi connectivity index (χ3v) is 3.05. The summed E-state index contributed by atoms with van der Waals surface area (Å²) in [6, 6.07) is 6.59. The van der Waals surface area contributed by atoms with E-state index in [1.54, 1.807) is 0 Å². The summed E-state index contributed by atoms with van der Waals surface area (Å²) >= 11 is 0. The monoisotopic (exact) mass is 206 g/mol. The zero-order valence-electron chi connectivity index (χ0n) is 8.97. The Morgan fingerprint density at radius 3 is 3.13 bits per heavy atom. The van der Waals surface area contributed by atoms with Gasteiger partial charge in [-0.1, -0.05) is 6.07 Å². The minimum atomic E-state index is 0.295. The van der Waals surface area contributed by atoms with E-state index < -0.39 is 0 Å². The zero-order chi connectivity index (χ0) is 10.5. The van der Waals surface area contributed by atoms with Gasteiger partial charge in [0.2, 0.25) is 0 Å². The van der Waals surface area contributed by atoms with Crippen molar-refractivity contribution < 1.29 is 5.11 Å². The summed E-state index contributed by atoms with van der Waals surface area (Å²) in [5.41, 5.74) is 1.13. The Balaban J connectivity index is 1.93. The lowest BCUT2D eigenvalue weighted by Gasteiger charge is -2.23. The van der Waals surface area contributed by atoms with Gasteiger partial charge in [-0.3, -0.25) is 9.88 Å². The number of hydrogen-bond donors (Lipinski definition) is 1. The summed E-state index contributed by atoms with van der Waals surface area (Å²) in [5, 5.41) is 8.97. The molecule has 1 unspecified atom stereocenters. The van der Waals surface area contributed by atoms with Gasteiger partial charge in [-0.25, -0.2) is 0 Å². The maximum absolute atomic E-state index is 8.97. The lowest BCUT2D eigenvalue weighted by Crippen LogP contribution is -2.29. The van der Waals surface area contributed by atoms with Crippen LogP contribution in [0, 0.1) is 0 Å². The number of pyridine rings is 1. The molecule has 3 heteroatoms. The SMILES string of the molecule is OCCC1CCCN1Cc1ccccn1. The highest BCUT2D eigenvalue weighted by atomic mass is 16.3. The first-order chi connectivity index (χ1) is 7.40. The molecule has 0 aliphatic carbocycles. The fraction of sp³-hybridized carbons (Fsp3) is 0.583. The lowest BCUT2D eigenvalue weighted by molar-refractivity contribution is 0.188. The van der Waals surface area contributed by atoms with Crippen LogP contribution >= 0.6 is 0 Å². The van der Waals surface area contributed by atoms with E-state index in [-0.39, 0.29) is 0 Å². The predicted molar refractivity (Wildman–Crippen MR) is 59.4 cm³/mol. The summed E-state index contributed by atoms with van der Waals surface area (Å²) in [6.07, 6.45) is 5.20. The summed E-state index contributed by atoms with van der Waals surface area (Å²) in [5.74, 6) is 0. The van der Waals surface area contributed by atoms with Crippen molar-refractivity contribution in [1.29, 1.82) is 0 Å². The van der Waals surface area contributed by atoms with Gasteiger partial charge in [0.15, 0.2) is 0 Å². The van der Waals surface area contributed by atoms with Crippen molar-refractivity contribution in [1.82, 2.24) is 9.88 Å². The highest BCUT2D eigenvalue weighted by Gasteiger charge is 2.23. The van der Waals surface area contributed by atoms with Crippen LogP contribution in [-0.2, 0) is 6.54 Å². The molecule has 82 valence electrons. The lowest BCUT2D eigenvalue weighted by atomic mass is 10.1. The molecule has 1 aromatic rings. The van der Waals surface area contributed by atoms with Crippen molar-refractivity contribution in [2.45, 2.75) is 31.8 Å². The molecule has 0 saturated carbocycles. The third kappa shape index (κ3) is 2.76. The van der Waals surface area contributed by atoms with Crippen LogP contribution < -0.4 is 0 Å². The molecule has 1 N–H and O–H groups in total. The van der Waals surface area contributed by atoms with Crippen LogP contribution in [0.3, 0.4) is 0 Å². The first-order valence-electron chi connectivity index (χ1n) is 5.65. The van der Waals surface area contributed by atoms with E-state index in [4.69, 9.17) is 5.11 Å². The molecule has 0 spiro atoms. The molecule has 15 heavy (non-hydrogen) atoms. The standard InChI is InChI=1S/C12H18N2O/c15-9-6-12-5-3-8-14(12)10-11-4-1-2-7-13-11/h1-2,4,7,12,15H,3,5-6,8-10H2.